The second-order valence-electron chi connectivity index (χ2n) is 7.01. The van der Waals surface area contributed by atoms with Crippen LogP contribution in [0.3, 0.4) is 0 Å². The van der Waals surface area contributed by atoms with E-state index in [0.717, 1.165) is 0 Å². The number of morpholine rings is 1. The van der Waals surface area contributed by atoms with E-state index in [0.29, 0.717) is 5.56 Å². The number of esters is 2. The molecule has 0 aromatic heterocycles. The van der Waals surface area contributed by atoms with E-state index in [4.69, 9.17) is 9.47 Å². The lowest BCUT2D eigenvalue weighted by atomic mass is 10.2. The number of methoxy groups -OCH3 is 1. The van der Waals surface area contributed by atoms with E-state index < -0.39 is 22.0 Å². The zero-order chi connectivity index (χ0) is 21.9. The number of hydrogen-bond donors (Lipinski definition) is 0. The van der Waals surface area contributed by atoms with E-state index in [-0.39, 0.29) is 41.5 Å². The van der Waals surface area contributed by atoms with E-state index in [9.17, 15) is 18.0 Å². The largest absolute Gasteiger partial charge is 0.465 e. The summed E-state index contributed by atoms with van der Waals surface area (Å²) in [6.45, 7) is 4.12. The average molecular weight is 433 g/mol. The molecule has 2 aromatic carbocycles. The predicted octanol–water partition coefficient (Wildman–Crippen LogP) is 2.49. The lowest BCUT2D eigenvalue weighted by Crippen LogP contribution is -2.48. The van der Waals surface area contributed by atoms with Crippen LogP contribution in [-0.2, 0) is 19.5 Å². The first-order valence-corrected chi connectivity index (χ1v) is 10.8. The van der Waals surface area contributed by atoms with Gasteiger partial charge in [0.15, 0.2) is 0 Å². The lowest BCUT2D eigenvalue weighted by molar-refractivity contribution is -0.0440. The molecule has 0 radical (unpaired) electrons. The third-order valence-electron chi connectivity index (χ3n) is 4.58. The van der Waals surface area contributed by atoms with Gasteiger partial charge in [0.25, 0.3) is 0 Å². The van der Waals surface area contributed by atoms with E-state index in [1.807, 2.05) is 13.8 Å². The van der Waals surface area contributed by atoms with Gasteiger partial charge < -0.3 is 14.2 Å². The van der Waals surface area contributed by atoms with Crippen molar-refractivity contribution in [3.05, 3.63) is 59.7 Å². The van der Waals surface area contributed by atoms with Gasteiger partial charge in [-0.15, -0.1) is 0 Å². The molecule has 1 aliphatic heterocycles. The number of carbonyl (C=O) groups excluding carboxylic acids is 2. The van der Waals surface area contributed by atoms with Crippen LogP contribution in [-0.4, -0.2) is 57.1 Å². The number of rotatable bonds is 5. The predicted molar refractivity (Wildman–Crippen MR) is 108 cm³/mol. The van der Waals surface area contributed by atoms with Gasteiger partial charge in [-0.3, -0.25) is 0 Å². The summed E-state index contributed by atoms with van der Waals surface area (Å²) in [5.74, 6) is -0.990. The van der Waals surface area contributed by atoms with Crippen LogP contribution in [0, 0.1) is 0 Å². The Labute approximate surface area is 175 Å². The summed E-state index contributed by atoms with van der Waals surface area (Å²) in [5.41, 5.74) is 0.418. The van der Waals surface area contributed by atoms with E-state index in [1.54, 1.807) is 0 Å². The van der Waals surface area contributed by atoms with Crippen molar-refractivity contribution >= 4 is 22.0 Å². The van der Waals surface area contributed by atoms with Crippen LogP contribution < -0.4 is 4.74 Å². The molecule has 3 rings (SSSR count). The van der Waals surface area contributed by atoms with Crippen LogP contribution in [0.4, 0.5) is 0 Å². The highest BCUT2D eigenvalue weighted by atomic mass is 32.2. The molecule has 0 bridgehead atoms. The van der Waals surface area contributed by atoms with Crippen molar-refractivity contribution in [1.82, 2.24) is 4.31 Å². The fraction of sp³-hybridized carbons (Fsp3) is 0.333. The first-order valence-electron chi connectivity index (χ1n) is 9.37. The summed E-state index contributed by atoms with van der Waals surface area (Å²) < 4.78 is 42.9. The van der Waals surface area contributed by atoms with Gasteiger partial charge in [-0.05, 0) is 56.3 Å². The minimum absolute atomic E-state index is 0.0132. The molecular weight excluding hydrogens is 410 g/mol. The molecule has 9 heteroatoms. The molecule has 2 unspecified atom stereocenters. The molecule has 0 amide bonds. The van der Waals surface area contributed by atoms with Crippen molar-refractivity contribution in [3.63, 3.8) is 0 Å². The molecule has 30 heavy (non-hydrogen) atoms. The number of carbonyl (C=O) groups is 2. The van der Waals surface area contributed by atoms with Crippen molar-refractivity contribution in [2.45, 2.75) is 31.0 Å². The standard InChI is InChI=1S/C21H23NO7S/c1-14-12-22(13-15(2)28-14)30(25,26)19-6-4-5-17(11-19)21(24)29-18-9-7-16(8-10-18)20(23)27-3/h4-11,14-15H,12-13H2,1-3H3. The van der Waals surface area contributed by atoms with Crippen molar-refractivity contribution in [1.29, 1.82) is 0 Å². The third-order valence-corrected chi connectivity index (χ3v) is 6.41. The van der Waals surface area contributed by atoms with Crippen LogP contribution in [0.25, 0.3) is 0 Å². The normalized spacial score (nSPS) is 19.8. The van der Waals surface area contributed by atoms with Gasteiger partial charge in [-0.1, -0.05) is 6.07 Å². The van der Waals surface area contributed by atoms with Crippen LogP contribution in [0.15, 0.2) is 53.4 Å². The Morgan fingerprint density at radius 3 is 2.20 bits per heavy atom. The maximum atomic E-state index is 13.0. The third kappa shape index (κ3) is 4.86. The number of sulfonamides is 1. The Bertz CT molecular complexity index is 1020. The Morgan fingerprint density at radius 1 is 0.967 bits per heavy atom. The summed E-state index contributed by atoms with van der Waals surface area (Å²) in [6.07, 6.45) is -0.436. The summed E-state index contributed by atoms with van der Waals surface area (Å²) in [6, 6.07) is 11.6. The Hall–Kier alpha value is -2.75. The van der Waals surface area contributed by atoms with E-state index in [2.05, 4.69) is 4.74 Å². The van der Waals surface area contributed by atoms with Gasteiger partial charge >= 0.3 is 11.9 Å². The summed E-state index contributed by atoms with van der Waals surface area (Å²) in [4.78, 5) is 24.0. The van der Waals surface area contributed by atoms with Crippen molar-refractivity contribution in [2.75, 3.05) is 20.2 Å². The Morgan fingerprint density at radius 2 is 1.60 bits per heavy atom. The van der Waals surface area contributed by atoms with E-state index in [1.165, 1.54) is 59.9 Å². The smallest absolute Gasteiger partial charge is 0.343 e. The number of hydrogen-bond acceptors (Lipinski definition) is 7. The molecule has 1 saturated heterocycles. The molecule has 8 nitrogen and oxygen atoms in total. The molecule has 1 heterocycles. The van der Waals surface area contributed by atoms with Crippen molar-refractivity contribution in [2.24, 2.45) is 0 Å². The fourth-order valence-electron chi connectivity index (χ4n) is 3.20. The molecule has 0 N–H and O–H groups in total. The first-order chi connectivity index (χ1) is 14.2. The second-order valence-corrected chi connectivity index (χ2v) is 8.95. The Kier molecular flexibility index (Phi) is 6.55. The van der Waals surface area contributed by atoms with Gasteiger partial charge in [0.05, 0.1) is 35.3 Å². The summed E-state index contributed by atoms with van der Waals surface area (Å²) >= 11 is 0. The number of nitrogens with zero attached hydrogens (tertiary/aromatic N) is 1. The number of benzene rings is 2. The van der Waals surface area contributed by atoms with Gasteiger partial charge in [0, 0.05) is 13.1 Å². The van der Waals surface area contributed by atoms with E-state index >= 15 is 0 Å². The number of ether oxygens (including phenoxy) is 3. The van der Waals surface area contributed by atoms with Crippen LogP contribution in [0.1, 0.15) is 34.6 Å². The molecule has 2 aromatic rings. The molecule has 1 fully saturated rings. The highest BCUT2D eigenvalue weighted by Crippen LogP contribution is 2.23. The molecule has 0 spiro atoms. The van der Waals surface area contributed by atoms with Crippen LogP contribution >= 0.6 is 0 Å². The fourth-order valence-corrected chi connectivity index (χ4v) is 4.84. The van der Waals surface area contributed by atoms with Gasteiger partial charge in [-0.25, -0.2) is 18.0 Å². The second kappa shape index (κ2) is 8.95. The summed E-state index contributed by atoms with van der Waals surface area (Å²) in [7, 11) is -2.51. The minimum atomic E-state index is -3.78. The summed E-state index contributed by atoms with van der Waals surface area (Å²) in [5, 5.41) is 0. The molecule has 1 aliphatic rings. The monoisotopic (exact) mass is 433 g/mol. The highest BCUT2D eigenvalue weighted by Gasteiger charge is 2.32. The SMILES string of the molecule is COC(=O)c1ccc(OC(=O)c2cccc(S(=O)(=O)N3CC(C)OC(C)C3)c2)cc1. The quantitative estimate of drug-likeness (QED) is 0.528. The molecule has 0 aliphatic carbocycles. The van der Waals surface area contributed by atoms with Gasteiger partial charge in [0.1, 0.15) is 5.75 Å². The lowest BCUT2D eigenvalue weighted by Gasteiger charge is -2.34. The molecule has 2 atom stereocenters. The topological polar surface area (TPSA) is 99.2 Å². The average Bonchev–Trinajstić information content (AvgIpc) is 2.73. The first kappa shape index (κ1) is 21.9. The highest BCUT2D eigenvalue weighted by molar-refractivity contribution is 7.89. The molecular formula is C21H23NO7S. The zero-order valence-electron chi connectivity index (χ0n) is 16.9. The zero-order valence-corrected chi connectivity index (χ0v) is 17.7. The minimum Gasteiger partial charge on any atom is -0.465 e. The van der Waals surface area contributed by atoms with Crippen LogP contribution in [0.5, 0.6) is 5.75 Å². The van der Waals surface area contributed by atoms with Gasteiger partial charge in [-0.2, -0.15) is 4.31 Å². The Balaban J connectivity index is 1.77. The molecule has 0 saturated carbocycles. The van der Waals surface area contributed by atoms with Crippen LogP contribution in [0.2, 0.25) is 0 Å². The molecule has 160 valence electrons. The van der Waals surface area contributed by atoms with Gasteiger partial charge in [0.2, 0.25) is 10.0 Å². The van der Waals surface area contributed by atoms with Crippen molar-refractivity contribution < 1.29 is 32.2 Å². The van der Waals surface area contributed by atoms with Crippen molar-refractivity contribution in [3.8, 4) is 5.75 Å². The maximum Gasteiger partial charge on any atom is 0.343 e. The maximum absolute atomic E-state index is 13.0.